The van der Waals surface area contributed by atoms with Crippen LogP contribution in [-0.4, -0.2) is 5.91 Å². The van der Waals surface area contributed by atoms with Crippen molar-refractivity contribution in [3.8, 4) is 11.1 Å². The molecule has 2 aromatic carbocycles. The van der Waals surface area contributed by atoms with E-state index in [2.05, 4.69) is 55.6 Å². The summed E-state index contributed by atoms with van der Waals surface area (Å²) in [6, 6.07) is 15.0. The molecular weight excluding hydrogens is 246 g/mol. The molecule has 0 aliphatic carbocycles. The molecule has 0 radical (unpaired) electrons. The average molecular weight is 265 g/mol. The van der Waals surface area contributed by atoms with Crippen molar-refractivity contribution in [2.45, 2.75) is 32.6 Å². The van der Waals surface area contributed by atoms with E-state index in [1.54, 1.807) is 0 Å². The van der Waals surface area contributed by atoms with Gasteiger partial charge in [0.25, 0.3) is 0 Å². The number of anilines is 1. The van der Waals surface area contributed by atoms with E-state index in [-0.39, 0.29) is 5.91 Å². The summed E-state index contributed by atoms with van der Waals surface area (Å²) in [6.45, 7) is 4.42. The fourth-order valence-electron chi connectivity index (χ4n) is 2.64. The maximum atomic E-state index is 11.4. The SMILES string of the molecule is CC(C)c1cccc(-c2ccc3c(c2)CCC(=O)N3)c1. The van der Waals surface area contributed by atoms with E-state index in [4.69, 9.17) is 0 Å². The van der Waals surface area contributed by atoms with E-state index in [9.17, 15) is 4.79 Å². The quantitative estimate of drug-likeness (QED) is 0.858. The Bertz CT molecular complexity index is 658. The van der Waals surface area contributed by atoms with Gasteiger partial charge in [-0.1, -0.05) is 44.2 Å². The second-order valence-electron chi connectivity index (χ2n) is 5.70. The van der Waals surface area contributed by atoms with Crippen molar-refractivity contribution < 1.29 is 4.79 Å². The molecule has 2 aromatic rings. The van der Waals surface area contributed by atoms with E-state index in [0.29, 0.717) is 12.3 Å². The number of amides is 1. The van der Waals surface area contributed by atoms with Crippen molar-refractivity contribution in [3.05, 3.63) is 53.6 Å². The summed E-state index contributed by atoms with van der Waals surface area (Å²) in [7, 11) is 0. The van der Waals surface area contributed by atoms with Gasteiger partial charge in [0.05, 0.1) is 0 Å². The lowest BCUT2D eigenvalue weighted by Gasteiger charge is -2.18. The number of nitrogens with one attached hydrogen (secondary N) is 1. The topological polar surface area (TPSA) is 29.1 Å². The van der Waals surface area contributed by atoms with Crippen molar-refractivity contribution in [2.24, 2.45) is 0 Å². The van der Waals surface area contributed by atoms with Crippen molar-refractivity contribution in [3.63, 3.8) is 0 Å². The largest absolute Gasteiger partial charge is 0.326 e. The van der Waals surface area contributed by atoms with Gasteiger partial charge in [0.1, 0.15) is 0 Å². The average Bonchev–Trinajstić information content (AvgIpc) is 2.47. The minimum Gasteiger partial charge on any atom is -0.326 e. The number of benzene rings is 2. The molecule has 1 heterocycles. The molecule has 0 saturated heterocycles. The van der Waals surface area contributed by atoms with E-state index >= 15 is 0 Å². The summed E-state index contributed by atoms with van der Waals surface area (Å²) in [5.74, 6) is 0.652. The third-order valence-corrected chi connectivity index (χ3v) is 3.89. The van der Waals surface area contributed by atoms with Crippen LogP contribution in [0.5, 0.6) is 0 Å². The molecule has 0 unspecified atom stereocenters. The van der Waals surface area contributed by atoms with Crippen molar-refractivity contribution in [1.82, 2.24) is 0 Å². The molecule has 0 bridgehead atoms. The number of fused-ring (bicyclic) bond motifs is 1. The monoisotopic (exact) mass is 265 g/mol. The summed E-state index contributed by atoms with van der Waals surface area (Å²) in [6.07, 6.45) is 1.42. The first-order valence-corrected chi connectivity index (χ1v) is 7.16. The Kier molecular flexibility index (Phi) is 3.31. The zero-order chi connectivity index (χ0) is 14.1. The van der Waals surface area contributed by atoms with Crippen LogP contribution < -0.4 is 5.32 Å². The Hall–Kier alpha value is -2.09. The van der Waals surface area contributed by atoms with Gasteiger partial charge in [-0.05, 0) is 46.7 Å². The molecule has 2 nitrogen and oxygen atoms in total. The van der Waals surface area contributed by atoms with Gasteiger partial charge >= 0.3 is 0 Å². The Balaban J connectivity index is 1.99. The van der Waals surface area contributed by atoms with Crippen LogP contribution in [0.25, 0.3) is 11.1 Å². The van der Waals surface area contributed by atoms with Crippen LogP contribution in [0, 0.1) is 0 Å². The number of hydrogen-bond donors (Lipinski definition) is 1. The Morgan fingerprint density at radius 2 is 1.80 bits per heavy atom. The standard InChI is InChI=1S/C18H19NO/c1-12(2)13-4-3-5-14(10-13)15-6-8-17-16(11-15)7-9-18(20)19-17/h3-6,8,10-12H,7,9H2,1-2H3,(H,19,20). The highest BCUT2D eigenvalue weighted by Gasteiger charge is 2.15. The fraction of sp³-hybridized carbons (Fsp3) is 0.278. The zero-order valence-electron chi connectivity index (χ0n) is 11.9. The third-order valence-electron chi connectivity index (χ3n) is 3.89. The molecule has 1 amide bonds. The van der Waals surface area contributed by atoms with Crippen LogP contribution in [0.15, 0.2) is 42.5 Å². The molecule has 0 atom stereocenters. The first-order valence-electron chi connectivity index (χ1n) is 7.16. The highest BCUT2D eigenvalue weighted by Crippen LogP contribution is 2.30. The number of carbonyl (C=O) groups is 1. The molecule has 0 aromatic heterocycles. The van der Waals surface area contributed by atoms with Crippen molar-refractivity contribution >= 4 is 11.6 Å². The summed E-state index contributed by atoms with van der Waals surface area (Å²) < 4.78 is 0. The molecule has 3 rings (SSSR count). The van der Waals surface area contributed by atoms with Crippen molar-refractivity contribution in [1.29, 1.82) is 0 Å². The first kappa shape index (κ1) is 12.9. The van der Waals surface area contributed by atoms with Crippen LogP contribution in [0.4, 0.5) is 5.69 Å². The highest BCUT2D eigenvalue weighted by atomic mass is 16.1. The summed E-state index contributed by atoms with van der Waals surface area (Å²) in [4.78, 5) is 11.4. The van der Waals surface area contributed by atoms with Crippen LogP contribution >= 0.6 is 0 Å². The van der Waals surface area contributed by atoms with Crippen LogP contribution in [-0.2, 0) is 11.2 Å². The van der Waals surface area contributed by atoms with E-state index in [1.165, 1.54) is 22.3 Å². The molecule has 1 aliphatic heterocycles. The number of aryl methyl sites for hydroxylation is 1. The minimum atomic E-state index is 0.118. The smallest absolute Gasteiger partial charge is 0.224 e. The molecule has 20 heavy (non-hydrogen) atoms. The van der Waals surface area contributed by atoms with E-state index in [0.717, 1.165) is 12.1 Å². The lowest BCUT2D eigenvalue weighted by molar-refractivity contribution is -0.116. The van der Waals surface area contributed by atoms with Gasteiger partial charge in [-0.25, -0.2) is 0 Å². The normalized spacial score (nSPS) is 14.1. The maximum Gasteiger partial charge on any atom is 0.224 e. The Morgan fingerprint density at radius 3 is 2.60 bits per heavy atom. The van der Waals surface area contributed by atoms with Crippen LogP contribution in [0.1, 0.15) is 37.3 Å². The van der Waals surface area contributed by atoms with Gasteiger partial charge in [-0.3, -0.25) is 4.79 Å². The lowest BCUT2D eigenvalue weighted by Crippen LogP contribution is -2.18. The van der Waals surface area contributed by atoms with Crippen molar-refractivity contribution in [2.75, 3.05) is 5.32 Å². The van der Waals surface area contributed by atoms with E-state index in [1.807, 2.05) is 6.07 Å². The third kappa shape index (κ3) is 2.46. The predicted octanol–water partition coefficient (Wildman–Crippen LogP) is 4.36. The first-order chi connectivity index (χ1) is 9.63. The minimum absolute atomic E-state index is 0.118. The van der Waals surface area contributed by atoms with Gasteiger partial charge in [-0.15, -0.1) is 0 Å². The summed E-state index contributed by atoms with van der Waals surface area (Å²) in [5.41, 5.74) is 6.02. The molecule has 2 heteroatoms. The maximum absolute atomic E-state index is 11.4. The molecule has 0 spiro atoms. The second kappa shape index (κ2) is 5.12. The zero-order valence-corrected chi connectivity index (χ0v) is 11.9. The number of rotatable bonds is 2. The fourth-order valence-corrected chi connectivity index (χ4v) is 2.64. The summed E-state index contributed by atoms with van der Waals surface area (Å²) in [5, 5.41) is 2.93. The summed E-state index contributed by atoms with van der Waals surface area (Å²) >= 11 is 0. The van der Waals surface area contributed by atoms with Gasteiger partial charge < -0.3 is 5.32 Å². The highest BCUT2D eigenvalue weighted by molar-refractivity contribution is 5.94. The number of hydrogen-bond acceptors (Lipinski definition) is 1. The van der Waals surface area contributed by atoms with Gasteiger partial charge in [0.2, 0.25) is 5.91 Å². The molecule has 102 valence electrons. The molecule has 1 N–H and O–H groups in total. The second-order valence-corrected chi connectivity index (χ2v) is 5.70. The van der Waals surface area contributed by atoms with Gasteiger partial charge in [0.15, 0.2) is 0 Å². The number of carbonyl (C=O) groups excluding carboxylic acids is 1. The molecule has 1 aliphatic rings. The Morgan fingerprint density at radius 1 is 1.00 bits per heavy atom. The molecular formula is C18H19NO. The molecule has 0 saturated carbocycles. The molecule has 0 fully saturated rings. The lowest BCUT2D eigenvalue weighted by atomic mass is 9.94. The van der Waals surface area contributed by atoms with Crippen LogP contribution in [0.3, 0.4) is 0 Å². The van der Waals surface area contributed by atoms with Gasteiger partial charge in [-0.2, -0.15) is 0 Å². The Labute approximate surface area is 119 Å². The van der Waals surface area contributed by atoms with Gasteiger partial charge in [0, 0.05) is 12.1 Å². The van der Waals surface area contributed by atoms with E-state index < -0.39 is 0 Å². The predicted molar refractivity (Wildman–Crippen MR) is 82.9 cm³/mol. The van der Waals surface area contributed by atoms with Crippen LogP contribution in [0.2, 0.25) is 0 Å².